The summed E-state index contributed by atoms with van der Waals surface area (Å²) in [6.07, 6.45) is 3.56. The Balaban J connectivity index is 1.23. The Morgan fingerprint density at radius 1 is 0.800 bits per heavy atom. The van der Waals surface area contributed by atoms with Crippen molar-refractivity contribution in [1.29, 1.82) is 5.26 Å². The zero-order valence-electron chi connectivity index (χ0n) is 27.5. The smallest absolute Gasteiger partial charge is 0.271 e. The lowest BCUT2D eigenvalue weighted by Crippen LogP contribution is -2.42. The number of hydrogen-bond donors (Lipinski definition) is 0. The summed E-state index contributed by atoms with van der Waals surface area (Å²) in [5.74, 6) is 0.253. The van der Waals surface area contributed by atoms with Crippen molar-refractivity contribution in [1.82, 2.24) is 14.7 Å². The fourth-order valence-corrected chi connectivity index (χ4v) is 6.06. The van der Waals surface area contributed by atoms with Gasteiger partial charge >= 0.3 is 0 Å². The van der Waals surface area contributed by atoms with Gasteiger partial charge in [0.25, 0.3) is 11.8 Å². The molecule has 0 N–H and O–H groups in total. The number of nitriles is 1. The Bertz CT molecular complexity index is 2330. The second-order valence-corrected chi connectivity index (χ2v) is 11.9. The van der Waals surface area contributed by atoms with E-state index in [4.69, 9.17) is 14.6 Å². The molecule has 0 atom stereocenters. The second-order valence-electron chi connectivity index (χ2n) is 11.9. The van der Waals surface area contributed by atoms with Gasteiger partial charge in [-0.3, -0.25) is 14.5 Å². The van der Waals surface area contributed by atoms with Crippen LogP contribution >= 0.6 is 0 Å². The van der Waals surface area contributed by atoms with E-state index >= 15 is 0 Å². The summed E-state index contributed by atoms with van der Waals surface area (Å²) in [6, 6.07) is 40.9. The van der Waals surface area contributed by atoms with Gasteiger partial charge < -0.3 is 9.47 Å². The largest absolute Gasteiger partial charge is 0.497 e. The molecule has 0 aliphatic carbocycles. The molecular weight excluding hydrogens is 624 g/mol. The van der Waals surface area contributed by atoms with Crippen molar-refractivity contribution in [2.45, 2.75) is 20.1 Å². The summed E-state index contributed by atoms with van der Waals surface area (Å²) >= 11 is 0. The first-order chi connectivity index (χ1) is 24.4. The quantitative estimate of drug-likeness (QED) is 0.115. The Morgan fingerprint density at radius 3 is 2.24 bits per heavy atom. The number of imide groups is 1. The summed E-state index contributed by atoms with van der Waals surface area (Å²) in [7, 11) is 1.57. The van der Waals surface area contributed by atoms with Crippen molar-refractivity contribution in [2.24, 2.45) is 0 Å². The highest BCUT2D eigenvalue weighted by molar-refractivity contribution is 6.19. The third kappa shape index (κ3) is 6.28. The van der Waals surface area contributed by atoms with E-state index < -0.39 is 11.8 Å². The van der Waals surface area contributed by atoms with Crippen LogP contribution in [0.5, 0.6) is 11.5 Å². The molecule has 50 heavy (non-hydrogen) atoms. The van der Waals surface area contributed by atoms with E-state index in [0.29, 0.717) is 34.9 Å². The fraction of sp³-hybridized carbons (Fsp3) is 0.0952. The van der Waals surface area contributed by atoms with Crippen LogP contribution in [-0.2, 0) is 22.7 Å². The maximum absolute atomic E-state index is 14.0. The number of para-hydroxylation sites is 1. The SMILES string of the molecule is COc1ccc(CN2C(=O)C(C#N)=C(C)/C(=C\c3cn(-c4ccccc4)nc3-c3ccc(OCc4cccc5ccccc45)cc3)C2=O)cc1. The van der Waals surface area contributed by atoms with Crippen LogP contribution in [-0.4, -0.2) is 33.6 Å². The summed E-state index contributed by atoms with van der Waals surface area (Å²) < 4.78 is 13.2. The van der Waals surface area contributed by atoms with Crippen molar-refractivity contribution < 1.29 is 19.1 Å². The first kappa shape index (κ1) is 31.9. The molecule has 5 aromatic carbocycles. The molecule has 8 nitrogen and oxygen atoms in total. The van der Waals surface area contributed by atoms with E-state index in [1.54, 1.807) is 49.1 Å². The molecule has 8 heteroatoms. The molecule has 0 fully saturated rings. The minimum absolute atomic E-state index is 0.00777. The first-order valence-electron chi connectivity index (χ1n) is 16.1. The zero-order chi connectivity index (χ0) is 34.6. The number of ether oxygens (including phenoxy) is 2. The van der Waals surface area contributed by atoms with Gasteiger partial charge in [-0.1, -0.05) is 72.8 Å². The predicted octanol–water partition coefficient (Wildman–Crippen LogP) is 8.07. The van der Waals surface area contributed by atoms with Gasteiger partial charge in [-0.2, -0.15) is 10.4 Å². The average Bonchev–Trinajstić information content (AvgIpc) is 3.59. The van der Waals surface area contributed by atoms with Gasteiger partial charge in [0.2, 0.25) is 0 Å². The summed E-state index contributed by atoms with van der Waals surface area (Å²) in [5, 5.41) is 17.2. The molecule has 1 aliphatic heterocycles. The molecule has 0 unspecified atom stereocenters. The molecule has 0 spiro atoms. The van der Waals surface area contributed by atoms with Crippen LogP contribution in [0.1, 0.15) is 23.6 Å². The van der Waals surface area contributed by atoms with Crippen LogP contribution in [0.4, 0.5) is 0 Å². The number of aromatic nitrogens is 2. The molecule has 0 radical (unpaired) electrons. The standard InChI is InChI=1S/C42H32N4O4/c1-28-38(41(47)45(42(48)39(28)24-43)25-29-15-19-35(49-2)20-16-29)23-33-26-46(34-12-4-3-5-13-34)44-40(33)31-17-21-36(22-18-31)50-27-32-11-8-10-30-9-6-7-14-37(30)32/h3-23,26H,25,27H2,1-2H3/b38-23+. The molecule has 244 valence electrons. The Labute approximate surface area is 289 Å². The van der Waals surface area contributed by atoms with Crippen LogP contribution in [0.25, 0.3) is 33.8 Å². The third-order valence-corrected chi connectivity index (χ3v) is 8.79. The number of carbonyl (C=O) groups is 2. The first-order valence-corrected chi connectivity index (χ1v) is 16.1. The highest BCUT2D eigenvalue weighted by Gasteiger charge is 2.35. The van der Waals surface area contributed by atoms with Gasteiger partial charge in [0.05, 0.1) is 25.0 Å². The van der Waals surface area contributed by atoms with Crippen molar-refractivity contribution in [3.05, 3.63) is 161 Å². The molecule has 0 saturated carbocycles. The number of nitrogens with zero attached hydrogens (tertiary/aromatic N) is 4. The highest BCUT2D eigenvalue weighted by atomic mass is 16.5. The van der Waals surface area contributed by atoms with Crippen LogP contribution in [0.3, 0.4) is 0 Å². The number of rotatable bonds is 9. The second kappa shape index (κ2) is 13.8. The normalized spacial score (nSPS) is 13.9. The van der Waals surface area contributed by atoms with E-state index in [-0.39, 0.29) is 17.7 Å². The molecule has 0 saturated heterocycles. The van der Waals surface area contributed by atoms with Crippen molar-refractivity contribution in [3.63, 3.8) is 0 Å². The van der Waals surface area contributed by atoms with E-state index in [2.05, 4.69) is 24.3 Å². The van der Waals surface area contributed by atoms with Crippen LogP contribution in [0.15, 0.2) is 144 Å². The van der Waals surface area contributed by atoms with E-state index in [9.17, 15) is 14.9 Å². The average molecular weight is 657 g/mol. The Kier molecular flexibility index (Phi) is 8.79. The van der Waals surface area contributed by atoms with Crippen LogP contribution < -0.4 is 9.47 Å². The maximum Gasteiger partial charge on any atom is 0.271 e. The minimum Gasteiger partial charge on any atom is -0.497 e. The topological polar surface area (TPSA) is 97.5 Å². The maximum atomic E-state index is 14.0. The molecule has 2 heterocycles. The molecule has 2 amide bonds. The van der Waals surface area contributed by atoms with Gasteiger partial charge in [-0.25, -0.2) is 4.68 Å². The predicted molar refractivity (Wildman–Crippen MR) is 192 cm³/mol. The van der Waals surface area contributed by atoms with E-state index in [0.717, 1.165) is 38.1 Å². The Hall–Kier alpha value is -6.72. The molecule has 6 aromatic rings. The summed E-state index contributed by atoms with van der Waals surface area (Å²) in [4.78, 5) is 28.5. The Morgan fingerprint density at radius 2 is 1.50 bits per heavy atom. The van der Waals surface area contributed by atoms with Crippen LogP contribution in [0.2, 0.25) is 0 Å². The highest BCUT2D eigenvalue weighted by Crippen LogP contribution is 2.33. The van der Waals surface area contributed by atoms with Gasteiger partial charge in [-0.05, 0) is 89.0 Å². The molecule has 0 bridgehead atoms. The number of fused-ring (bicyclic) bond motifs is 1. The summed E-state index contributed by atoms with van der Waals surface area (Å²) in [5.41, 5.74) is 5.24. The monoisotopic (exact) mass is 656 g/mol. The van der Waals surface area contributed by atoms with Crippen molar-refractivity contribution >= 4 is 28.7 Å². The lowest BCUT2D eigenvalue weighted by Gasteiger charge is -2.27. The van der Waals surface area contributed by atoms with Crippen molar-refractivity contribution in [2.75, 3.05) is 7.11 Å². The molecule has 7 rings (SSSR count). The van der Waals surface area contributed by atoms with Gasteiger partial charge in [0.15, 0.2) is 0 Å². The van der Waals surface area contributed by atoms with E-state index in [1.807, 2.05) is 85.1 Å². The summed E-state index contributed by atoms with van der Waals surface area (Å²) in [6.45, 7) is 2.06. The minimum atomic E-state index is -0.623. The van der Waals surface area contributed by atoms with Crippen LogP contribution in [0, 0.1) is 11.3 Å². The molecular formula is C42H32N4O4. The lowest BCUT2D eigenvalue weighted by molar-refractivity contribution is -0.141. The lowest BCUT2D eigenvalue weighted by atomic mass is 9.93. The number of hydrogen-bond acceptors (Lipinski definition) is 6. The number of benzene rings is 5. The number of carbonyl (C=O) groups excluding carboxylic acids is 2. The van der Waals surface area contributed by atoms with Gasteiger partial charge in [-0.15, -0.1) is 0 Å². The van der Waals surface area contributed by atoms with E-state index in [1.165, 1.54) is 0 Å². The van der Waals surface area contributed by atoms with Gasteiger partial charge in [0.1, 0.15) is 29.7 Å². The zero-order valence-corrected chi connectivity index (χ0v) is 27.5. The van der Waals surface area contributed by atoms with Gasteiger partial charge in [0, 0.05) is 22.9 Å². The number of amides is 2. The molecule has 1 aromatic heterocycles. The number of methoxy groups -OCH3 is 1. The fourth-order valence-electron chi connectivity index (χ4n) is 6.06. The van der Waals surface area contributed by atoms with Crippen molar-refractivity contribution in [3.8, 4) is 34.5 Å². The third-order valence-electron chi connectivity index (χ3n) is 8.79. The molecule has 1 aliphatic rings.